The van der Waals surface area contributed by atoms with Crippen LogP contribution in [0.5, 0.6) is 0 Å². The lowest BCUT2D eigenvalue weighted by Crippen LogP contribution is -2.38. The van der Waals surface area contributed by atoms with Crippen molar-refractivity contribution >= 4 is 33.2 Å². The van der Waals surface area contributed by atoms with E-state index in [2.05, 4.69) is 5.32 Å². The summed E-state index contributed by atoms with van der Waals surface area (Å²) in [5, 5.41) is 3.44. The van der Waals surface area contributed by atoms with E-state index in [9.17, 15) is 13.2 Å². The van der Waals surface area contributed by atoms with Crippen LogP contribution in [0.1, 0.15) is 31.2 Å². The summed E-state index contributed by atoms with van der Waals surface area (Å²) in [6.45, 7) is 2.95. The molecule has 0 bridgehead atoms. The van der Waals surface area contributed by atoms with Crippen LogP contribution in [0.25, 0.3) is 0 Å². The van der Waals surface area contributed by atoms with Crippen LogP contribution in [0.3, 0.4) is 0 Å². The monoisotopic (exact) mass is 420 g/mol. The lowest BCUT2D eigenvalue weighted by Gasteiger charge is -2.31. The Balaban J connectivity index is 1.47. The molecule has 1 aliphatic heterocycles. The number of benzene rings is 2. The molecule has 1 saturated heterocycles. The van der Waals surface area contributed by atoms with Crippen molar-refractivity contribution in [1.82, 2.24) is 4.31 Å². The summed E-state index contributed by atoms with van der Waals surface area (Å²) in [4.78, 5) is 12.4. The third-order valence-electron chi connectivity index (χ3n) is 5.11. The molecular formula is C21H25ClN2O3S. The highest BCUT2D eigenvalue weighted by Gasteiger charge is 2.29. The summed E-state index contributed by atoms with van der Waals surface area (Å²) in [5.41, 5.74) is 1.92. The van der Waals surface area contributed by atoms with Gasteiger partial charge in [0.05, 0.1) is 4.90 Å². The van der Waals surface area contributed by atoms with E-state index in [1.54, 1.807) is 24.3 Å². The number of hydrogen-bond donors (Lipinski definition) is 1. The fourth-order valence-corrected chi connectivity index (χ4v) is 5.07. The lowest BCUT2D eigenvalue weighted by molar-refractivity contribution is -0.116. The van der Waals surface area contributed by atoms with Gasteiger partial charge in [-0.25, -0.2) is 8.42 Å². The van der Waals surface area contributed by atoms with Crippen LogP contribution < -0.4 is 5.32 Å². The van der Waals surface area contributed by atoms with E-state index < -0.39 is 10.0 Å². The van der Waals surface area contributed by atoms with Crippen LogP contribution >= 0.6 is 11.6 Å². The summed E-state index contributed by atoms with van der Waals surface area (Å²) in [5.74, 6) is 0.363. The average Bonchev–Trinajstić information content (AvgIpc) is 2.67. The molecule has 0 saturated carbocycles. The number of piperidine rings is 1. The molecule has 3 rings (SSSR count). The highest BCUT2D eigenvalue weighted by molar-refractivity contribution is 7.89. The third-order valence-corrected chi connectivity index (χ3v) is 7.27. The molecule has 0 spiro atoms. The number of rotatable bonds is 6. The van der Waals surface area contributed by atoms with Gasteiger partial charge in [0.15, 0.2) is 0 Å². The Morgan fingerprint density at radius 2 is 1.82 bits per heavy atom. The Kier molecular flexibility index (Phi) is 6.75. The Bertz CT molecular complexity index is 921. The number of halogens is 1. The second kappa shape index (κ2) is 9.07. The van der Waals surface area contributed by atoms with Crippen molar-refractivity contribution in [3.05, 3.63) is 59.1 Å². The minimum Gasteiger partial charge on any atom is -0.326 e. The first-order chi connectivity index (χ1) is 13.3. The largest absolute Gasteiger partial charge is 0.326 e. The lowest BCUT2D eigenvalue weighted by atomic mass is 9.93. The summed E-state index contributed by atoms with van der Waals surface area (Å²) in [6.07, 6.45) is 2.75. The van der Waals surface area contributed by atoms with Gasteiger partial charge in [-0.3, -0.25) is 4.79 Å². The zero-order chi connectivity index (χ0) is 20.1. The zero-order valence-electron chi connectivity index (χ0n) is 15.9. The first kappa shape index (κ1) is 20.8. The Morgan fingerprint density at radius 1 is 1.14 bits per heavy atom. The number of amides is 1. The van der Waals surface area contributed by atoms with Crippen molar-refractivity contribution < 1.29 is 13.2 Å². The van der Waals surface area contributed by atoms with Crippen molar-refractivity contribution in [2.24, 2.45) is 5.92 Å². The van der Waals surface area contributed by atoms with Crippen LogP contribution in [0.15, 0.2) is 53.4 Å². The highest BCUT2D eigenvalue weighted by Crippen LogP contribution is 2.27. The van der Waals surface area contributed by atoms with Gasteiger partial charge < -0.3 is 5.32 Å². The molecule has 1 fully saturated rings. The van der Waals surface area contributed by atoms with Crippen molar-refractivity contribution in [3.63, 3.8) is 0 Å². The van der Waals surface area contributed by atoms with Crippen molar-refractivity contribution in [1.29, 1.82) is 0 Å². The molecule has 150 valence electrons. The number of aryl methyl sites for hydroxylation is 1. The summed E-state index contributed by atoms with van der Waals surface area (Å²) >= 11 is 5.84. The van der Waals surface area contributed by atoms with E-state index in [4.69, 9.17) is 11.6 Å². The predicted molar refractivity (Wildman–Crippen MR) is 112 cm³/mol. The van der Waals surface area contributed by atoms with Gasteiger partial charge in [0.1, 0.15) is 0 Å². The fraction of sp³-hybridized carbons (Fsp3) is 0.381. The molecule has 1 aliphatic rings. The van der Waals surface area contributed by atoms with E-state index in [-0.39, 0.29) is 10.8 Å². The molecule has 1 amide bonds. The van der Waals surface area contributed by atoms with Gasteiger partial charge in [0.2, 0.25) is 15.9 Å². The average molecular weight is 421 g/mol. The zero-order valence-corrected chi connectivity index (χ0v) is 17.5. The number of carbonyl (C=O) groups is 1. The maximum absolute atomic E-state index is 12.7. The van der Waals surface area contributed by atoms with E-state index >= 15 is 0 Å². The molecule has 1 heterocycles. The number of anilines is 1. The fourth-order valence-electron chi connectivity index (χ4n) is 3.48. The smallest absolute Gasteiger partial charge is 0.243 e. The Morgan fingerprint density at radius 3 is 2.46 bits per heavy atom. The quantitative estimate of drug-likeness (QED) is 0.749. The first-order valence-corrected chi connectivity index (χ1v) is 11.3. The molecule has 0 aromatic heterocycles. The van der Waals surface area contributed by atoms with E-state index in [1.165, 1.54) is 4.31 Å². The molecule has 2 aromatic rings. The van der Waals surface area contributed by atoms with Crippen LogP contribution in [-0.4, -0.2) is 31.7 Å². The number of sulfonamides is 1. The Hall–Kier alpha value is -1.89. The standard InChI is InChI=1S/C21H25ClN2O3S/c1-16-3-2-4-19(15-16)23-21(25)10-5-17-11-13-24(14-12-17)28(26,27)20-8-6-18(22)7-9-20/h2-4,6-9,15,17H,5,10-14H2,1H3,(H,23,25). The molecule has 0 aliphatic carbocycles. The summed E-state index contributed by atoms with van der Waals surface area (Å²) in [7, 11) is -3.48. The summed E-state index contributed by atoms with van der Waals surface area (Å²) in [6, 6.07) is 14.0. The van der Waals surface area contributed by atoms with Gasteiger partial charge in [0, 0.05) is 30.2 Å². The maximum atomic E-state index is 12.7. The maximum Gasteiger partial charge on any atom is 0.243 e. The van der Waals surface area contributed by atoms with Gasteiger partial charge in [0.25, 0.3) is 0 Å². The molecule has 7 heteroatoms. The van der Waals surface area contributed by atoms with Gasteiger partial charge in [-0.05, 0) is 74.1 Å². The van der Waals surface area contributed by atoms with Gasteiger partial charge >= 0.3 is 0 Å². The SMILES string of the molecule is Cc1cccc(NC(=O)CCC2CCN(S(=O)(=O)c3ccc(Cl)cc3)CC2)c1. The third kappa shape index (κ3) is 5.34. The van der Waals surface area contributed by atoms with Crippen LogP contribution in [-0.2, 0) is 14.8 Å². The van der Waals surface area contributed by atoms with Gasteiger partial charge in [-0.2, -0.15) is 4.31 Å². The van der Waals surface area contributed by atoms with Crippen LogP contribution in [0.4, 0.5) is 5.69 Å². The van der Waals surface area contributed by atoms with E-state index in [1.807, 2.05) is 31.2 Å². The molecule has 0 unspecified atom stereocenters. The first-order valence-electron chi connectivity index (χ1n) is 9.47. The van der Waals surface area contributed by atoms with Crippen molar-refractivity contribution in [2.75, 3.05) is 18.4 Å². The number of hydrogen-bond acceptors (Lipinski definition) is 3. The predicted octanol–water partition coefficient (Wildman–Crippen LogP) is 4.47. The molecule has 5 nitrogen and oxygen atoms in total. The highest BCUT2D eigenvalue weighted by atomic mass is 35.5. The van der Waals surface area contributed by atoms with Crippen LogP contribution in [0.2, 0.25) is 5.02 Å². The minimum atomic E-state index is -3.48. The normalized spacial score (nSPS) is 16.1. The molecule has 0 radical (unpaired) electrons. The van der Waals surface area contributed by atoms with Gasteiger partial charge in [-0.1, -0.05) is 23.7 Å². The van der Waals surface area contributed by atoms with Gasteiger partial charge in [-0.15, -0.1) is 0 Å². The van der Waals surface area contributed by atoms with Crippen LogP contribution in [0, 0.1) is 12.8 Å². The minimum absolute atomic E-state index is 0.00168. The second-order valence-corrected chi connectivity index (χ2v) is 9.63. The van der Waals surface area contributed by atoms with E-state index in [0.717, 1.165) is 30.5 Å². The van der Waals surface area contributed by atoms with E-state index in [0.29, 0.717) is 30.5 Å². The topological polar surface area (TPSA) is 66.5 Å². The molecule has 1 N–H and O–H groups in total. The molecular weight excluding hydrogens is 396 g/mol. The molecule has 2 aromatic carbocycles. The second-order valence-electron chi connectivity index (χ2n) is 7.26. The van der Waals surface area contributed by atoms with Crippen molar-refractivity contribution in [3.8, 4) is 0 Å². The number of carbonyl (C=O) groups excluding carboxylic acids is 1. The van der Waals surface area contributed by atoms with Crippen molar-refractivity contribution in [2.45, 2.75) is 37.5 Å². The summed E-state index contributed by atoms with van der Waals surface area (Å²) < 4.78 is 27.0. The Labute approximate surface area is 171 Å². The molecule has 0 atom stereocenters. The molecule has 28 heavy (non-hydrogen) atoms. The number of nitrogens with zero attached hydrogens (tertiary/aromatic N) is 1. The number of nitrogens with one attached hydrogen (secondary N) is 1.